The second-order valence-electron chi connectivity index (χ2n) is 5.41. The number of hydrogen-bond acceptors (Lipinski definition) is 2. The van der Waals surface area contributed by atoms with Crippen LogP contribution in [-0.2, 0) is 0 Å². The first-order chi connectivity index (χ1) is 11.3. The zero-order valence-electron chi connectivity index (χ0n) is 13.7. The van der Waals surface area contributed by atoms with Gasteiger partial charge in [0.2, 0.25) is 0 Å². The van der Waals surface area contributed by atoms with Gasteiger partial charge in [-0.3, -0.25) is 0 Å². The van der Waals surface area contributed by atoms with Crippen molar-refractivity contribution in [1.29, 1.82) is 0 Å². The van der Waals surface area contributed by atoms with Crippen LogP contribution < -0.4 is 9.47 Å². The first-order valence-corrected chi connectivity index (χ1v) is 8.88. The summed E-state index contributed by atoms with van der Waals surface area (Å²) in [5, 5.41) is 6.66. The Hall–Kier alpha value is -2.38. The molecule has 4 aromatic rings. The minimum absolute atomic E-state index is 0. The molecule has 0 aliphatic carbocycles. The van der Waals surface area contributed by atoms with Crippen LogP contribution in [0.1, 0.15) is 0 Å². The van der Waals surface area contributed by atoms with E-state index in [2.05, 4.69) is 66.7 Å². The summed E-state index contributed by atoms with van der Waals surface area (Å²) in [5.74, 6) is 1.58. The van der Waals surface area contributed by atoms with E-state index in [1.54, 1.807) is 14.2 Å². The third kappa shape index (κ3) is 2.46. The minimum atomic E-state index is -0.547. The first kappa shape index (κ1) is 16.5. The molecule has 0 fully saturated rings. The molecule has 1 atom stereocenters. The fourth-order valence-corrected chi connectivity index (χ4v) is 5.78. The molecule has 4 rings (SSSR count). The third-order valence-corrected chi connectivity index (χ3v) is 6.73. The molecule has 3 radical (unpaired) electrons. The molecule has 0 N–H and O–H groups in total. The van der Waals surface area contributed by atoms with Crippen molar-refractivity contribution in [3.63, 3.8) is 0 Å². The number of rotatable bonds is 3. The van der Waals surface area contributed by atoms with Crippen molar-refractivity contribution in [2.45, 2.75) is 0 Å². The second kappa shape index (κ2) is 6.63. The number of fused-ring (bicyclic) bond motifs is 3. The summed E-state index contributed by atoms with van der Waals surface area (Å²) >= 11 is 0. The quantitative estimate of drug-likeness (QED) is 0.455. The van der Waals surface area contributed by atoms with Gasteiger partial charge in [-0.15, -0.1) is 0 Å². The Morgan fingerprint density at radius 2 is 1.29 bits per heavy atom. The summed E-state index contributed by atoms with van der Waals surface area (Å²) in [6, 6.07) is 23.6. The lowest BCUT2D eigenvalue weighted by Crippen LogP contribution is -1.89. The van der Waals surface area contributed by atoms with E-state index in [9.17, 15) is 0 Å². The van der Waals surface area contributed by atoms with Crippen molar-refractivity contribution >= 4 is 37.0 Å². The van der Waals surface area contributed by atoms with Crippen LogP contribution in [0.25, 0.3) is 26.3 Å². The SMILES string of the molecule is COc1cc2c3ccccc3p(-c3ccccc3)c2cc1OC.[B]. The highest BCUT2D eigenvalue weighted by Crippen LogP contribution is 2.56. The lowest BCUT2D eigenvalue weighted by molar-refractivity contribution is 0.356. The summed E-state index contributed by atoms with van der Waals surface area (Å²) in [4.78, 5) is 0. The zero-order valence-corrected chi connectivity index (χ0v) is 14.6. The Morgan fingerprint density at radius 3 is 2.00 bits per heavy atom. The topological polar surface area (TPSA) is 18.5 Å². The maximum atomic E-state index is 5.53. The van der Waals surface area contributed by atoms with Gasteiger partial charge in [-0.05, 0) is 28.2 Å². The van der Waals surface area contributed by atoms with Crippen molar-refractivity contribution in [2.24, 2.45) is 0 Å². The van der Waals surface area contributed by atoms with Crippen LogP contribution in [0.2, 0.25) is 0 Å². The molecule has 0 saturated carbocycles. The Labute approximate surface area is 144 Å². The van der Waals surface area contributed by atoms with Gasteiger partial charge in [0.05, 0.1) is 14.2 Å². The smallest absolute Gasteiger partial charge is 0.161 e. The van der Waals surface area contributed by atoms with E-state index in [0.717, 1.165) is 11.5 Å². The van der Waals surface area contributed by atoms with Crippen molar-refractivity contribution in [3.05, 3.63) is 66.7 Å². The van der Waals surface area contributed by atoms with Gasteiger partial charge in [0, 0.05) is 18.6 Å². The molecule has 0 amide bonds. The normalized spacial score (nSPS) is 11.3. The predicted octanol–water partition coefficient (Wildman–Crippen LogP) is 5.61. The Morgan fingerprint density at radius 1 is 0.667 bits per heavy atom. The average Bonchev–Trinajstić information content (AvgIpc) is 2.94. The van der Waals surface area contributed by atoms with Crippen LogP contribution in [-0.4, -0.2) is 22.6 Å². The fourth-order valence-electron chi connectivity index (χ4n) is 3.15. The summed E-state index contributed by atoms with van der Waals surface area (Å²) in [7, 11) is 2.83. The molecule has 24 heavy (non-hydrogen) atoms. The molecule has 0 aliphatic heterocycles. The highest BCUT2D eigenvalue weighted by molar-refractivity contribution is 7.67. The molecule has 0 aliphatic rings. The molecular formula is C20H17BO2P. The number of ether oxygens (including phenoxy) is 2. The number of methoxy groups -OCH3 is 2. The molecular weight excluding hydrogens is 314 g/mol. The summed E-state index contributed by atoms with van der Waals surface area (Å²) in [6.07, 6.45) is 0. The average molecular weight is 331 g/mol. The van der Waals surface area contributed by atoms with E-state index in [-0.39, 0.29) is 8.41 Å². The Balaban J connectivity index is 0.00000169. The lowest BCUT2D eigenvalue weighted by Gasteiger charge is -2.09. The van der Waals surface area contributed by atoms with Crippen molar-refractivity contribution < 1.29 is 9.47 Å². The molecule has 1 heterocycles. The fraction of sp³-hybridized carbons (Fsp3) is 0.100. The van der Waals surface area contributed by atoms with Crippen molar-refractivity contribution in [1.82, 2.24) is 0 Å². The van der Waals surface area contributed by atoms with Crippen LogP contribution >= 0.6 is 7.53 Å². The monoisotopic (exact) mass is 331 g/mol. The van der Waals surface area contributed by atoms with Gasteiger partial charge in [-0.1, -0.05) is 62.1 Å². The van der Waals surface area contributed by atoms with E-state index in [4.69, 9.17) is 9.47 Å². The zero-order chi connectivity index (χ0) is 15.8. The maximum Gasteiger partial charge on any atom is 0.161 e. The van der Waals surface area contributed by atoms with Gasteiger partial charge in [-0.2, -0.15) is 0 Å². The minimum Gasteiger partial charge on any atom is -0.493 e. The maximum absolute atomic E-state index is 5.53. The third-order valence-electron chi connectivity index (χ3n) is 4.19. The summed E-state index contributed by atoms with van der Waals surface area (Å²) in [5.41, 5.74) is 0. The van der Waals surface area contributed by atoms with Crippen molar-refractivity contribution in [2.75, 3.05) is 14.2 Å². The Kier molecular flexibility index (Phi) is 4.55. The van der Waals surface area contributed by atoms with Gasteiger partial charge >= 0.3 is 0 Å². The second-order valence-corrected chi connectivity index (χ2v) is 7.56. The van der Waals surface area contributed by atoms with E-state index in [1.165, 1.54) is 26.3 Å². The van der Waals surface area contributed by atoms with Crippen molar-refractivity contribution in [3.8, 4) is 16.8 Å². The highest BCUT2D eigenvalue weighted by atomic mass is 31.1. The van der Waals surface area contributed by atoms with Gasteiger partial charge < -0.3 is 9.47 Å². The van der Waals surface area contributed by atoms with Crippen LogP contribution in [0.3, 0.4) is 0 Å². The largest absolute Gasteiger partial charge is 0.493 e. The predicted molar refractivity (Wildman–Crippen MR) is 104 cm³/mol. The summed E-state index contributed by atoms with van der Waals surface area (Å²) < 4.78 is 11.0. The van der Waals surface area contributed by atoms with Crippen LogP contribution in [0.15, 0.2) is 66.7 Å². The molecule has 0 spiro atoms. The number of benzene rings is 3. The molecule has 1 unspecified atom stereocenters. The lowest BCUT2D eigenvalue weighted by atomic mass is 10.1. The molecule has 2 nitrogen and oxygen atoms in total. The van der Waals surface area contributed by atoms with E-state index in [1.807, 2.05) is 0 Å². The van der Waals surface area contributed by atoms with Gasteiger partial charge in [0.25, 0.3) is 0 Å². The van der Waals surface area contributed by atoms with Gasteiger partial charge in [-0.25, -0.2) is 0 Å². The van der Waals surface area contributed by atoms with E-state index in [0.29, 0.717) is 0 Å². The standard InChI is InChI=1S/C20H17O2P.B/c1-21-17-12-16-15-10-6-7-11-19(15)23(14-8-4-3-5-9-14)20(16)13-18(17)22-2;/h3-13H,1-2H3;. The van der Waals surface area contributed by atoms with E-state index < -0.39 is 7.53 Å². The first-order valence-electron chi connectivity index (χ1n) is 7.54. The van der Waals surface area contributed by atoms with Gasteiger partial charge in [0.15, 0.2) is 11.5 Å². The van der Waals surface area contributed by atoms with Crippen LogP contribution in [0, 0.1) is 0 Å². The number of hydrogen-bond donors (Lipinski definition) is 0. The molecule has 1 aromatic heterocycles. The highest BCUT2D eigenvalue weighted by Gasteiger charge is 2.16. The molecule has 0 saturated heterocycles. The van der Waals surface area contributed by atoms with Crippen LogP contribution in [0.5, 0.6) is 11.5 Å². The van der Waals surface area contributed by atoms with Crippen LogP contribution in [0.4, 0.5) is 0 Å². The molecule has 0 bridgehead atoms. The Bertz CT molecular complexity index is 993. The van der Waals surface area contributed by atoms with E-state index >= 15 is 0 Å². The van der Waals surface area contributed by atoms with Gasteiger partial charge in [0.1, 0.15) is 0 Å². The molecule has 4 heteroatoms. The molecule has 117 valence electrons. The molecule has 3 aromatic carbocycles. The summed E-state index contributed by atoms with van der Waals surface area (Å²) in [6.45, 7) is 0.